The molecule has 8 nitrogen and oxygen atoms in total. The predicted molar refractivity (Wildman–Crippen MR) is 85.8 cm³/mol. The normalized spacial score (nSPS) is 10.7. The Morgan fingerprint density at radius 2 is 2.08 bits per heavy atom. The summed E-state index contributed by atoms with van der Waals surface area (Å²) in [5.41, 5.74) is 0.889. The van der Waals surface area contributed by atoms with Crippen molar-refractivity contribution in [3.8, 4) is 11.4 Å². The van der Waals surface area contributed by atoms with Gasteiger partial charge in [0.2, 0.25) is 17.6 Å². The topological polar surface area (TPSA) is 98.7 Å². The van der Waals surface area contributed by atoms with Gasteiger partial charge < -0.3 is 14.4 Å². The summed E-state index contributed by atoms with van der Waals surface area (Å²) in [6.07, 6.45) is 2.99. The first-order valence-corrected chi connectivity index (χ1v) is 7.70. The highest BCUT2D eigenvalue weighted by Gasteiger charge is 2.10. The molecule has 0 unspecified atom stereocenters. The molecule has 1 amide bonds. The molecule has 2 aromatic heterocycles. The van der Waals surface area contributed by atoms with Gasteiger partial charge in [0.25, 0.3) is 0 Å². The molecule has 1 N–H and O–H groups in total. The van der Waals surface area contributed by atoms with Crippen molar-refractivity contribution in [2.45, 2.75) is 19.3 Å². The molecule has 0 aliphatic rings. The number of rotatable bonds is 7. The summed E-state index contributed by atoms with van der Waals surface area (Å²) in [6, 6.07) is 9.57. The third-order valence-corrected chi connectivity index (χ3v) is 3.54. The van der Waals surface area contributed by atoms with Crippen LogP contribution in [0.1, 0.15) is 18.1 Å². The van der Waals surface area contributed by atoms with E-state index in [1.807, 2.05) is 41.9 Å². The second-order valence-electron chi connectivity index (χ2n) is 5.34. The van der Waals surface area contributed by atoms with E-state index in [9.17, 15) is 4.79 Å². The van der Waals surface area contributed by atoms with Gasteiger partial charge in [-0.1, -0.05) is 35.5 Å². The van der Waals surface area contributed by atoms with E-state index in [0.29, 0.717) is 37.5 Å². The lowest BCUT2D eigenvalue weighted by atomic mass is 10.2. The van der Waals surface area contributed by atoms with Crippen molar-refractivity contribution in [3.63, 3.8) is 0 Å². The SMILES string of the molecule is Cn1cnnc1CCNC(=O)CCc1nc(-c2ccccc2)no1. The van der Waals surface area contributed by atoms with Crippen molar-refractivity contribution in [3.05, 3.63) is 48.4 Å². The molecule has 0 aliphatic carbocycles. The van der Waals surface area contributed by atoms with Crippen LogP contribution in [0.4, 0.5) is 0 Å². The van der Waals surface area contributed by atoms with Crippen molar-refractivity contribution >= 4 is 5.91 Å². The first-order valence-electron chi connectivity index (χ1n) is 7.70. The molecule has 1 aromatic carbocycles. The van der Waals surface area contributed by atoms with Crippen LogP contribution in [-0.2, 0) is 24.7 Å². The van der Waals surface area contributed by atoms with Gasteiger partial charge in [0.1, 0.15) is 12.2 Å². The number of nitrogens with one attached hydrogen (secondary N) is 1. The molecule has 0 spiro atoms. The average molecular weight is 326 g/mol. The first kappa shape index (κ1) is 15.9. The third-order valence-electron chi connectivity index (χ3n) is 3.54. The van der Waals surface area contributed by atoms with Crippen LogP contribution in [0, 0.1) is 0 Å². The second kappa shape index (κ2) is 7.49. The maximum Gasteiger partial charge on any atom is 0.227 e. The lowest BCUT2D eigenvalue weighted by Crippen LogP contribution is -2.26. The molecule has 8 heteroatoms. The Kier molecular flexibility index (Phi) is 4.95. The Bertz CT molecular complexity index is 796. The van der Waals surface area contributed by atoms with Gasteiger partial charge >= 0.3 is 0 Å². The lowest BCUT2D eigenvalue weighted by molar-refractivity contribution is -0.121. The van der Waals surface area contributed by atoms with Crippen molar-refractivity contribution in [2.24, 2.45) is 7.05 Å². The van der Waals surface area contributed by atoms with Crippen LogP contribution >= 0.6 is 0 Å². The molecule has 3 aromatic rings. The van der Waals surface area contributed by atoms with E-state index in [4.69, 9.17) is 4.52 Å². The highest BCUT2D eigenvalue weighted by atomic mass is 16.5. The Labute approximate surface area is 138 Å². The van der Waals surface area contributed by atoms with E-state index in [1.165, 1.54) is 0 Å². The van der Waals surface area contributed by atoms with Gasteiger partial charge in [-0.15, -0.1) is 10.2 Å². The fraction of sp³-hybridized carbons (Fsp3) is 0.312. The highest BCUT2D eigenvalue weighted by Crippen LogP contribution is 2.15. The molecule has 3 rings (SSSR count). The summed E-state index contributed by atoms with van der Waals surface area (Å²) in [4.78, 5) is 16.2. The largest absolute Gasteiger partial charge is 0.356 e. The maximum absolute atomic E-state index is 11.9. The summed E-state index contributed by atoms with van der Waals surface area (Å²) in [5, 5.41) is 14.5. The zero-order valence-corrected chi connectivity index (χ0v) is 13.3. The molecule has 0 aliphatic heterocycles. The number of aromatic nitrogens is 5. The summed E-state index contributed by atoms with van der Waals surface area (Å²) in [5.74, 6) is 1.77. The molecule has 0 radical (unpaired) electrons. The molecule has 0 saturated heterocycles. The van der Waals surface area contributed by atoms with Crippen LogP contribution < -0.4 is 5.32 Å². The van der Waals surface area contributed by atoms with E-state index in [-0.39, 0.29) is 5.91 Å². The van der Waals surface area contributed by atoms with Gasteiger partial charge in [0, 0.05) is 38.4 Å². The number of benzene rings is 1. The number of carbonyl (C=O) groups is 1. The summed E-state index contributed by atoms with van der Waals surface area (Å²) in [7, 11) is 1.87. The number of hydrogen-bond donors (Lipinski definition) is 1. The van der Waals surface area contributed by atoms with Crippen molar-refractivity contribution in [1.29, 1.82) is 0 Å². The first-order chi connectivity index (χ1) is 11.7. The Balaban J connectivity index is 1.43. The molecule has 2 heterocycles. The molecular formula is C16H18N6O2. The average Bonchev–Trinajstić information content (AvgIpc) is 3.23. The Morgan fingerprint density at radius 3 is 2.83 bits per heavy atom. The highest BCUT2D eigenvalue weighted by molar-refractivity contribution is 5.76. The van der Waals surface area contributed by atoms with E-state index in [2.05, 4.69) is 25.7 Å². The van der Waals surface area contributed by atoms with Crippen LogP contribution in [0.25, 0.3) is 11.4 Å². The standard InChI is InChI=1S/C16H18N6O2/c1-22-11-18-20-13(22)9-10-17-14(23)7-8-15-19-16(21-24-15)12-5-3-2-4-6-12/h2-6,11H,7-10H2,1H3,(H,17,23). The molecular weight excluding hydrogens is 308 g/mol. The van der Waals surface area contributed by atoms with Crippen LogP contribution in [0.3, 0.4) is 0 Å². The van der Waals surface area contributed by atoms with E-state index >= 15 is 0 Å². The van der Waals surface area contributed by atoms with E-state index in [1.54, 1.807) is 6.33 Å². The minimum atomic E-state index is -0.0587. The zero-order chi connectivity index (χ0) is 16.8. The Morgan fingerprint density at radius 1 is 1.25 bits per heavy atom. The smallest absolute Gasteiger partial charge is 0.227 e. The molecule has 24 heavy (non-hydrogen) atoms. The zero-order valence-electron chi connectivity index (χ0n) is 13.3. The fourth-order valence-electron chi connectivity index (χ4n) is 2.22. The van der Waals surface area contributed by atoms with Crippen LogP contribution in [0.5, 0.6) is 0 Å². The van der Waals surface area contributed by atoms with Gasteiger partial charge in [-0.25, -0.2) is 0 Å². The summed E-state index contributed by atoms with van der Waals surface area (Å²) in [6.45, 7) is 0.518. The second-order valence-corrected chi connectivity index (χ2v) is 5.34. The number of nitrogens with zero attached hydrogens (tertiary/aromatic N) is 5. The van der Waals surface area contributed by atoms with Gasteiger partial charge in [-0.3, -0.25) is 4.79 Å². The molecule has 0 bridgehead atoms. The summed E-state index contributed by atoms with van der Waals surface area (Å²) < 4.78 is 7.01. The van der Waals surface area contributed by atoms with Gasteiger partial charge in [0.05, 0.1) is 0 Å². The van der Waals surface area contributed by atoms with E-state index < -0.39 is 0 Å². The molecule has 124 valence electrons. The van der Waals surface area contributed by atoms with Gasteiger partial charge in [0.15, 0.2) is 0 Å². The third kappa shape index (κ3) is 4.03. The van der Waals surface area contributed by atoms with E-state index in [0.717, 1.165) is 11.4 Å². The quantitative estimate of drug-likeness (QED) is 0.699. The van der Waals surface area contributed by atoms with Crippen molar-refractivity contribution < 1.29 is 9.32 Å². The van der Waals surface area contributed by atoms with Crippen molar-refractivity contribution in [2.75, 3.05) is 6.54 Å². The van der Waals surface area contributed by atoms with Gasteiger partial charge in [-0.05, 0) is 0 Å². The minimum absolute atomic E-state index is 0.0587. The lowest BCUT2D eigenvalue weighted by Gasteiger charge is -2.03. The number of amides is 1. The van der Waals surface area contributed by atoms with Crippen LogP contribution in [-0.4, -0.2) is 37.4 Å². The fourth-order valence-corrected chi connectivity index (χ4v) is 2.22. The number of carbonyl (C=O) groups excluding carboxylic acids is 1. The number of hydrogen-bond acceptors (Lipinski definition) is 6. The van der Waals surface area contributed by atoms with Crippen molar-refractivity contribution in [1.82, 2.24) is 30.2 Å². The van der Waals surface area contributed by atoms with Crippen LogP contribution in [0.15, 0.2) is 41.2 Å². The van der Waals surface area contributed by atoms with Crippen LogP contribution in [0.2, 0.25) is 0 Å². The predicted octanol–water partition coefficient (Wildman–Crippen LogP) is 1.16. The molecule has 0 atom stereocenters. The number of aryl methyl sites for hydroxylation is 2. The molecule has 0 fully saturated rings. The summed E-state index contributed by atoms with van der Waals surface area (Å²) >= 11 is 0. The maximum atomic E-state index is 11.9. The monoisotopic (exact) mass is 326 g/mol. The van der Waals surface area contributed by atoms with Gasteiger partial charge in [-0.2, -0.15) is 4.98 Å². The minimum Gasteiger partial charge on any atom is -0.356 e. The Hall–Kier alpha value is -3.03. The molecule has 0 saturated carbocycles.